The fraction of sp³-hybridized carbons (Fsp3) is 0.0370. The van der Waals surface area contributed by atoms with Crippen LogP contribution in [0.1, 0.15) is 5.76 Å². The van der Waals surface area contributed by atoms with Crippen molar-refractivity contribution in [2.75, 3.05) is 6.54 Å². The number of hydrogen-bond donors (Lipinski definition) is 0. The number of fused-ring (bicyclic) bond motifs is 1. The molecule has 0 N–H and O–H groups in total. The second-order valence-electron chi connectivity index (χ2n) is 7.72. The number of non-ortho nitro benzene ring substituents is 1. The number of carbonyl (C=O) groups is 1. The number of nitro benzene ring substituents is 1. The number of amides is 1. The molecule has 0 spiro atoms. The van der Waals surface area contributed by atoms with Crippen LogP contribution in [0.3, 0.4) is 0 Å². The molecule has 4 aromatic rings. The number of thioether (sulfide) groups is 1. The number of rotatable bonds is 6. The van der Waals surface area contributed by atoms with Crippen molar-refractivity contribution in [1.29, 1.82) is 0 Å². The molecule has 0 saturated carbocycles. The lowest BCUT2D eigenvalue weighted by Gasteiger charge is -2.13. The Morgan fingerprint density at radius 2 is 1.86 bits per heavy atom. The molecule has 1 saturated heterocycles. The van der Waals surface area contributed by atoms with E-state index >= 15 is 0 Å². The lowest BCUT2D eigenvalue weighted by atomic mass is 10.1. The summed E-state index contributed by atoms with van der Waals surface area (Å²) < 4.78 is 5.88. The van der Waals surface area contributed by atoms with Crippen molar-refractivity contribution >= 4 is 51.1 Å². The maximum absolute atomic E-state index is 13.2. The fourth-order valence-electron chi connectivity index (χ4n) is 3.78. The van der Waals surface area contributed by atoms with Crippen LogP contribution >= 0.6 is 11.8 Å². The van der Waals surface area contributed by atoms with Crippen LogP contribution < -0.4 is 0 Å². The third-order valence-electron chi connectivity index (χ3n) is 5.42. The van der Waals surface area contributed by atoms with Gasteiger partial charge in [-0.1, -0.05) is 54.6 Å². The lowest BCUT2D eigenvalue weighted by Crippen LogP contribution is -2.29. The zero-order valence-corrected chi connectivity index (χ0v) is 19.3. The number of nitrogens with zero attached hydrogens (tertiary/aromatic N) is 3. The van der Waals surface area contributed by atoms with E-state index in [4.69, 9.17) is 9.41 Å². The second-order valence-corrected chi connectivity index (χ2v) is 8.73. The first-order valence-corrected chi connectivity index (χ1v) is 11.6. The molecule has 1 aliphatic rings. The van der Waals surface area contributed by atoms with E-state index in [0.29, 0.717) is 33.7 Å². The van der Waals surface area contributed by atoms with Gasteiger partial charge in [0.2, 0.25) is 0 Å². The topological polar surface area (TPSA) is 89.0 Å². The van der Waals surface area contributed by atoms with Crippen LogP contribution in [0.15, 0.2) is 106 Å². The second kappa shape index (κ2) is 9.44. The van der Waals surface area contributed by atoms with E-state index in [2.05, 4.69) is 6.58 Å². The van der Waals surface area contributed by atoms with Gasteiger partial charge < -0.3 is 4.42 Å². The number of hydrogen-bond acceptors (Lipinski definition) is 6. The van der Waals surface area contributed by atoms with Crippen molar-refractivity contribution in [3.05, 3.63) is 112 Å². The molecule has 1 aliphatic heterocycles. The summed E-state index contributed by atoms with van der Waals surface area (Å²) in [7, 11) is 0. The van der Waals surface area contributed by atoms with E-state index in [1.165, 1.54) is 23.9 Å². The average molecular weight is 482 g/mol. The Morgan fingerprint density at radius 1 is 1.06 bits per heavy atom. The Bertz CT molecular complexity index is 1530. The van der Waals surface area contributed by atoms with Crippen LogP contribution in [0.2, 0.25) is 0 Å². The van der Waals surface area contributed by atoms with Crippen LogP contribution in [0, 0.1) is 10.1 Å². The molecule has 5 rings (SSSR count). The molecule has 1 aromatic heterocycles. The third-order valence-corrected chi connectivity index (χ3v) is 6.43. The smallest absolute Gasteiger partial charge is 0.270 e. The normalized spacial score (nSPS) is 15.9. The van der Waals surface area contributed by atoms with Gasteiger partial charge in [0.25, 0.3) is 11.6 Å². The predicted molar refractivity (Wildman–Crippen MR) is 139 cm³/mol. The lowest BCUT2D eigenvalue weighted by molar-refractivity contribution is -0.384. The molecule has 35 heavy (non-hydrogen) atoms. The first kappa shape index (κ1) is 22.4. The van der Waals surface area contributed by atoms with E-state index in [1.54, 1.807) is 41.3 Å². The quantitative estimate of drug-likeness (QED) is 0.131. The number of amidine groups is 1. The van der Waals surface area contributed by atoms with Crippen LogP contribution in [-0.4, -0.2) is 27.4 Å². The molecule has 3 aromatic carbocycles. The zero-order valence-electron chi connectivity index (χ0n) is 18.5. The van der Waals surface area contributed by atoms with Gasteiger partial charge in [-0.2, -0.15) is 0 Å². The van der Waals surface area contributed by atoms with Crippen LogP contribution in [0.4, 0.5) is 11.4 Å². The average Bonchev–Trinajstić information content (AvgIpc) is 3.45. The van der Waals surface area contributed by atoms with Gasteiger partial charge >= 0.3 is 0 Å². The zero-order chi connectivity index (χ0) is 24.4. The summed E-state index contributed by atoms with van der Waals surface area (Å²) in [6.07, 6.45) is 3.32. The minimum Gasteiger partial charge on any atom is -0.457 e. The van der Waals surface area contributed by atoms with Crippen molar-refractivity contribution < 1.29 is 14.1 Å². The summed E-state index contributed by atoms with van der Waals surface area (Å²) in [5, 5.41) is 13.7. The Balaban J connectivity index is 1.47. The van der Waals surface area contributed by atoms with E-state index in [-0.39, 0.29) is 11.6 Å². The third kappa shape index (κ3) is 4.51. The van der Waals surface area contributed by atoms with Gasteiger partial charge in [0.15, 0.2) is 5.17 Å². The molecule has 1 amide bonds. The summed E-state index contributed by atoms with van der Waals surface area (Å²) in [5.74, 6) is 0.748. The minimum atomic E-state index is -0.450. The highest BCUT2D eigenvalue weighted by Crippen LogP contribution is 2.36. The van der Waals surface area contributed by atoms with Gasteiger partial charge in [0.05, 0.1) is 15.5 Å². The van der Waals surface area contributed by atoms with Crippen LogP contribution in [0.25, 0.3) is 28.2 Å². The Morgan fingerprint density at radius 3 is 2.69 bits per heavy atom. The maximum atomic E-state index is 13.2. The summed E-state index contributed by atoms with van der Waals surface area (Å²) in [4.78, 5) is 30.6. The molecule has 0 aliphatic carbocycles. The van der Waals surface area contributed by atoms with E-state index < -0.39 is 4.92 Å². The largest absolute Gasteiger partial charge is 0.457 e. The number of nitro groups is 1. The highest BCUT2D eigenvalue weighted by molar-refractivity contribution is 8.18. The van der Waals surface area contributed by atoms with Gasteiger partial charge in [-0.25, -0.2) is 4.99 Å². The molecular formula is C27H19N3O4S. The summed E-state index contributed by atoms with van der Waals surface area (Å²) in [6, 6.07) is 23.5. The van der Waals surface area contributed by atoms with Crippen LogP contribution in [-0.2, 0) is 4.79 Å². The van der Waals surface area contributed by atoms with E-state index in [9.17, 15) is 14.9 Å². The monoisotopic (exact) mass is 481 g/mol. The molecule has 0 unspecified atom stereocenters. The van der Waals surface area contributed by atoms with E-state index in [1.807, 2.05) is 42.5 Å². The first-order chi connectivity index (χ1) is 17.0. The Kier molecular flexibility index (Phi) is 6.03. The standard InChI is InChI=1S/C27H19N3O4S/c1-2-15-29-26(31)25(35-27(29)28-23-12-6-8-18-7-3-4-11-22(18)23)17-21-13-14-24(34-21)19-9-5-10-20(16-19)30(32)33/h2-14,16-17H,1,15H2. The van der Waals surface area contributed by atoms with Gasteiger partial charge in [-0.05, 0) is 35.3 Å². The summed E-state index contributed by atoms with van der Waals surface area (Å²) >= 11 is 1.27. The number of carbonyl (C=O) groups excluding carboxylic acids is 1. The van der Waals surface area contributed by atoms with E-state index in [0.717, 1.165) is 16.5 Å². The number of aliphatic imine (C=N–C) groups is 1. The maximum Gasteiger partial charge on any atom is 0.270 e. The van der Waals surface area contributed by atoms with Gasteiger partial charge in [0.1, 0.15) is 11.5 Å². The molecule has 8 heteroatoms. The fourth-order valence-corrected chi connectivity index (χ4v) is 4.76. The Labute approximate surface area is 205 Å². The van der Waals surface area contributed by atoms with Crippen molar-refractivity contribution in [2.45, 2.75) is 0 Å². The van der Waals surface area contributed by atoms with Crippen molar-refractivity contribution in [3.63, 3.8) is 0 Å². The van der Waals surface area contributed by atoms with Crippen molar-refractivity contribution in [3.8, 4) is 11.3 Å². The van der Waals surface area contributed by atoms with Gasteiger partial charge in [-0.15, -0.1) is 6.58 Å². The molecular weight excluding hydrogens is 462 g/mol. The molecule has 2 heterocycles. The predicted octanol–water partition coefficient (Wildman–Crippen LogP) is 6.80. The Hall–Kier alpha value is -4.43. The van der Waals surface area contributed by atoms with Crippen LogP contribution in [0.5, 0.6) is 0 Å². The van der Waals surface area contributed by atoms with Gasteiger partial charge in [0, 0.05) is 35.7 Å². The SMILES string of the molecule is C=CCN1C(=O)C(=Cc2ccc(-c3cccc([N+](=O)[O-])c3)o2)SC1=Nc1cccc2ccccc12. The minimum absolute atomic E-state index is 0.0188. The molecule has 7 nitrogen and oxygen atoms in total. The highest BCUT2D eigenvalue weighted by atomic mass is 32.2. The highest BCUT2D eigenvalue weighted by Gasteiger charge is 2.33. The summed E-state index contributed by atoms with van der Waals surface area (Å²) in [5.41, 5.74) is 1.34. The van der Waals surface area contributed by atoms with Gasteiger partial charge in [-0.3, -0.25) is 19.8 Å². The first-order valence-electron chi connectivity index (χ1n) is 10.8. The van der Waals surface area contributed by atoms with Crippen molar-refractivity contribution in [1.82, 2.24) is 4.90 Å². The molecule has 172 valence electrons. The summed E-state index contributed by atoms with van der Waals surface area (Å²) in [6.45, 7) is 4.09. The number of benzene rings is 3. The van der Waals surface area contributed by atoms with Crippen molar-refractivity contribution in [2.24, 2.45) is 4.99 Å². The molecule has 0 radical (unpaired) electrons. The number of furan rings is 1. The molecule has 0 bridgehead atoms. The molecule has 0 atom stereocenters. The molecule has 1 fully saturated rings.